The lowest BCUT2D eigenvalue weighted by Crippen LogP contribution is -2.03. The topological polar surface area (TPSA) is 81.4 Å². The number of nitrogens with two attached hydrogens (primary N) is 1. The summed E-state index contributed by atoms with van der Waals surface area (Å²) in [7, 11) is 0. The highest BCUT2D eigenvalue weighted by Crippen LogP contribution is 2.01. The molecule has 6 nitrogen and oxygen atoms in total. The molecule has 2 heterocycles. The van der Waals surface area contributed by atoms with E-state index >= 15 is 0 Å². The van der Waals surface area contributed by atoms with Gasteiger partial charge in [0.15, 0.2) is 0 Å². The third kappa shape index (κ3) is 0.426. The van der Waals surface area contributed by atoms with Crippen molar-refractivity contribution >= 4 is 11.7 Å². The van der Waals surface area contributed by atoms with E-state index < -0.39 is 0 Å². The minimum Gasteiger partial charge on any atom is -0.410 e. The second-order valence-electron chi connectivity index (χ2n) is 1.83. The average Bonchev–Trinajstić information content (AvgIpc) is 2.41. The highest BCUT2D eigenvalue weighted by atomic mass is 16.5. The van der Waals surface area contributed by atoms with Gasteiger partial charge in [-0.2, -0.15) is 9.50 Å². The predicted octanol–water partition coefficient (Wildman–Crippen LogP) is -0.650. The molecule has 0 aromatic carbocycles. The van der Waals surface area contributed by atoms with Crippen LogP contribution in [-0.2, 0) is 0 Å². The quantitative estimate of drug-likeness (QED) is 0.475. The molecule has 0 saturated carbocycles. The van der Waals surface area contributed by atoms with Crippen LogP contribution in [0.15, 0.2) is 12.4 Å². The van der Waals surface area contributed by atoms with Crippen molar-refractivity contribution in [1.29, 1.82) is 0 Å². The third-order valence-electron chi connectivity index (χ3n) is 1.23. The number of rotatable bonds is 0. The first-order chi connectivity index (χ1) is 4.79. The Kier molecular flexibility index (Phi) is 0.717. The van der Waals surface area contributed by atoms with Gasteiger partial charge in [0, 0.05) is 6.20 Å². The fraction of sp³-hybridized carbons (Fsp3) is 0. The minimum absolute atomic E-state index is 0.0306. The molecule has 2 rings (SSSR count). The number of aromatic nitrogens is 4. The van der Waals surface area contributed by atoms with E-state index in [0.717, 1.165) is 4.85 Å². The van der Waals surface area contributed by atoms with E-state index in [-0.39, 0.29) is 5.95 Å². The summed E-state index contributed by atoms with van der Waals surface area (Å²) >= 11 is 0. The smallest absolute Gasteiger partial charge is 0.257 e. The van der Waals surface area contributed by atoms with Gasteiger partial charge in [-0.1, -0.05) is 4.85 Å². The molecule has 0 unspecified atom stereocenters. The Hall–Kier alpha value is -1.72. The summed E-state index contributed by atoms with van der Waals surface area (Å²) in [5.74, 6) is 0.420. The van der Waals surface area contributed by atoms with Crippen LogP contribution in [0.3, 0.4) is 0 Å². The molecule has 52 valence electrons. The lowest BCUT2D eigenvalue weighted by atomic mass is 11.0. The van der Waals surface area contributed by atoms with Crippen LogP contribution >= 0.6 is 0 Å². The normalized spacial score (nSPS) is 10.8. The summed E-state index contributed by atoms with van der Waals surface area (Å²) < 4.78 is 1.33. The summed E-state index contributed by atoms with van der Waals surface area (Å²) in [5.41, 5.74) is 5.24. The Morgan fingerprint density at radius 1 is 1.60 bits per heavy atom. The molecule has 0 bridgehead atoms. The molecular formula is C4H5N5O. The molecule has 0 aliphatic heterocycles. The monoisotopic (exact) mass is 139 g/mol. The first-order valence-electron chi connectivity index (χ1n) is 2.66. The minimum atomic E-state index is 0.0306. The van der Waals surface area contributed by atoms with Crippen molar-refractivity contribution in [3.63, 3.8) is 0 Å². The first kappa shape index (κ1) is 5.10. The van der Waals surface area contributed by atoms with E-state index in [0.29, 0.717) is 5.78 Å². The number of hydrogen-bond acceptors (Lipinski definition) is 4. The van der Waals surface area contributed by atoms with Gasteiger partial charge in [0.1, 0.15) is 0 Å². The summed E-state index contributed by atoms with van der Waals surface area (Å²) in [5, 5.41) is 9.04. The van der Waals surface area contributed by atoms with Crippen LogP contribution in [-0.4, -0.2) is 24.5 Å². The molecule has 0 radical (unpaired) electrons. The zero-order valence-corrected chi connectivity index (χ0v) is 4.97. The number of nitrogen functional groups attached to an aromatic ring is 1. The van der Waals surface area contributed by atoms with Crippen LogP contribution < -0.4 is 5.73 Å². The van der Waals surface area contributed by atoms with E-state index in [1.54, 1.807) is 6.20 Å². The van der Waals surface area contributed by atoms with Gasteiger partial charge >= 0.3 is 0 Å². The molecule has 0 saturated heterocycles. The second kappa shape index (κ2) is 1.41. The van der Waals surface area contributed by atoms with Gasteiger partial charge < -0.3 is 10.9 Å². The van der Waals surface area contributed by atoms with Crippen molar-refractivity contribution in [3.8, 4) is 0 Å². The third-order valence-corrected chi connectivity index (χ3v) is 1.23. The summed E-state index contributed by atoms with van der Waals surface area (Å²) in [6.07, 6.45) is 3.08. The number of anilines is 1. The Balaban J connectivity index is 2.95. The number of nitrogens with zero attached hydrogens (tertiary/aromatic N) is 4. The van der Waals surface area contributed by atoms with Crippen LogP contribution in [0.25, 0.3) is 5.78 Å². The SMILES string of the molecule is Nc1nc2nccn2n1O. The van der Waals surface area contributed by atoms with Crippen molar-refractivity contribution in [1.82, 2.24) is 19.3 Å². The molecule has 0 aliphatic carbocycles. The molecular weight excluding hydrogens is 134 g/mol. The maximum absolute atomic E-state index is 9.04. The zero-order valence-electron chi connectivity index (χ0n) is 4.97. The van der Waals surface area contributed by atoms with E-state index in [4.69, 9.17) is 10.9 Å². The molecule has 0 amide bonds. The maximum Gasteiger partial charge on any atom is 0.257 e. The maximum atomic E-state index is 9.04. The fourth-order valence-corrected chi connectivity index (χ4v) is 0.774. The number of imidazole rings is 1. The van der Waals surface area contributed by atoms with Crippen LogP contribution in [0.2, 0.25) is 0 Å². The lowest BCUT2D eigenvalue weighted by Gasteiger charge is -1.90. The standard InChI is InChI=1S/C4H5N5O/c5-3-7-4-6-1-2-8(4)9(3)10/h1-2,10H,(H2,5,6,7). The number of fused-ring (bicyclic) bond motifs is 1. The summed E-state index contributed by atoms with van der Waals surface area (Å²) in [4.78, 5) is 8.23. The molecule has 3 N–H and O–H groups in total. The average molecular weight is 139 g/mol. The largest absolute Gasteiger partial charge is 0.410 e. The van der Waals surface area contributed by atoms with Gasteiger partial charge in [0.05, 0.1) is 6.20 Å². The highest BCUT2D eigenvalue weighted by molar-refractivity contribution is 5.33. The second-order valence-corrected chi connectivity index (χ2v) is 1.83. The van der Waals surface area contributed by atoms with Crippen LogP contribution in [0, 0.1) is 0 Å². The van der Waals surface area contributed by atoms with Crippen molar-refractivity contribution in [3.05, 3.63) is 12.4 Å². The first-order valence-corrected chi connectivity index (χ1v) is 2.66. The van der Waals surface area contributed by atoms with Gasteiger partial charge in [0.25, 0.3) is 11.7 Å². The van der Waals surface area contributed by atoms with E-state index in [1.807, 2.05) is 0 Å². The van der Waals surface area contributed by atoms with Crippen molar-refractivity contribution in [2.75, 3.05) is 5.73 Å². The lowest BCUT2D eigenvalue weighted by molar-refractivity contribution is 0.143. The molecule has 0 aliphatic rings. The number of hydrogen-bond donors (Lipinski definition) is 2. The molecule has 6 heteroatoms. The molecule has 0 fully saturated rings. The Morgan fingerprint density at radius 2 is 2.40 bits per heavy atom. The molecule has 0 atom stereocenters. The van der Waals surface area contributed by atoms with E-state index in [1.165, 1.54) is 10.7 Å². The highest BCUT2D eigenvalue weighted by Gasteiger charge is 2.04. The molecule has 2 aromatic rings. The van der Waals surface area contributed by atoms with Gasteiger partial charge in [-0.15, -0.1) is 0 Å². The van der Waals surface area contributed by atoms with Crippen LogP contribution in [0.5, 0.6) is 0 Å². The molecule has 2 aromatic heterocycles. The zero-order chi connectivity index (χ0) is 7.14. The van der Waals surface area contributed by atoms with Crippen LogP contribution in [0.1, 0.15) is 0 Å². The van der Waals surface area contributed by atoms with Gasteiger partial charge in [0.2, 0.25) is 0 Å². The van der Waals surface area contributed by atoms with Crippen molar-refractivity contribution in [2.45, 2.75) is 0 Å². The van der Waals surface area contributed by atoms with Crippen molar-refractivity contribution < 1.29 is 5.21 Å². The van der Waals surface area contributed by atoms with E-state index in [2.05, 4.69) is 9.97 Å². The summed E-state index contributed by atoms with van der Waals surface area (Å²) in [6.45, 7) is 0. The predicted molar refractivity (Wildman–Crippen MR) is 32.6 cm³/mol. The van der Waals surface area contributed by atoms with Gasteiger partial charge in [-0.3, -0.25) is 0 Å². The van der Waals surface area contributed by atoms with Crippen molar-refractivity contribution in [2.24, 2.45) is 0 Å². The Morgan fingerprint density at radius 3 is 3.10 bits per heavy atom. The van der Waals surface area contributed by atoms with E-state index in [9.17, 15) is 0 Å². The van der Waals surface area contributed by atoms with Crippen LogP contribution in [0.4, 0.5) is 5.95 Å². The van der Waals surface area contributed by atoms with Gasteiger partial charge in [-0.25, -0.2) is 4.98 Å². The molecule has 10 heavy (non-hydrogen) atoms. The Bertz CT molecular complexity index is 360. The Labute approximate surface area is 55.5 Å². The van der Waals surface area contributed by atoms with Gasteiger partial charge in [-0.05, 0) is 0 Å². The molecule has 0 spiro atoms. The summed E-state index contributed by atoms with van der Waals surface area (Å²) in [6, 6.07) is 0. The fourth-order valence-electron chi connectivity index (χ4n) is 0.774.